The highest BCUT2D eigenvalue weighted by molar-refractivity contribution is 5.92. The molecule has 2 N–H and O–H groups in total. The van der Waals surface area contributed by atoms with E-state index in [1.807, 2.05) is 4.90 Å². The summed E-state index contributed by atoms with van der Waals surface area (Å²) in [6.07, 6.45) is 5.26. The Bertz CT molecular complexity index is 446. The van der Waals surface area contributed by atoms with Gasteiger partial charge in [-0.25, -0.2) is 0 Å². The van der Waals surface area contributed by atoms with E-state index in [2.05, 4.69) is 13.8 Å². The number of carbonyl (C=O) groups is 2. The Morgan fingerprint density at radius 3 is 2.35 bits per heavy atom. The molecule has 0 fully saturated rings. The summed E-state index contributed by atoms with van der Waals surface area (Å²) in [4.78, 5) is 25.1. The minimum Gasteiger partial charge on any atom is -1.00 e. The zero-order chi connectivity index (χ0) is 14.3. The zero-order valence-corrected chi connectivity index (χ0v) is 12.8. The van der Waals surface area contributed by atoms with Crippen LogP contribution < -0.4 is 22.7 Å². The second-order valence-corrected chi connectivity index (χ2v) is 4.51. The highest BCUT2D eigenvalue weighted by Gasteiger charge is 2.17. The van der Waals surface area contributed by atoms with Crippen molar-refractivity contribution in [3.8, 4) is 0 Å². The number of hydrogen-bond acceptors (Lipinski definition) is 2. The van der Waals surface area contributed by atoms with Crippen molar-refractivity contribution in [1.29, 1.82) is 0 Å². The summed E-state index contributed by atoms with van der Waals surface area (Å²) in [5, 5.41) is 0. The van der Waals surface area contributed by atoms with Crippen molar-refractivity contribution in [3.63, 3.8) is 0 Å². The van der Waals surface area contributed by atoms with E-state index < -0.39 is 5.91 Å². The molecule has 0 saturated heterocycles. The zero-order valence-electron chi connectivity index (χ0n) is 12.0. The second kappa shape index (κ2) is 9.31. The maximum absolute atomic E-state index is 12.2. The van der Waals surface area contributed by atoms with Crippen molar-refractivity contribution < 1.29 is 26.6 Å². The van der Waals surface area contributed by atoms with Crippen molar-refractivity contribution in [2.45, 2.75) is 33.2 Å². The number of nitrogens with zero attached hydrogens (tertiary/aromatic N) is 2. The van der Waals surface area contributed by atoms with E-state index in [1.54, 1.807) is 29.1 Å². The molecule has 0 atom stereocenters. The molecule has 1 heterocycles. The van der Waals surface area contributed by atoms with Crippen LogP contribution in [0.4, 0.5) is 0 Å². The van der Waals surface area contributed by atoms with E-state index in [9.17, 15) is 9.59 Å². The van der Waals surface area contributed by atoms with Crippen LogP contribution >= 0.6 is 0 Å². The third kappa shape index (κ3) is 5.57. The Morgan fingerprint density at radius 2 is 1.85 bits per heavy atom. The number of nitrogens with two attached hydrogens (primary N) is 1. The minimum atomic E-state index is -0.485. The van der Waals surface area contributed by atoms with Crippen LogP contribution in [0.15, 0.2) is 24.5 Å². The van der Waals surface area contributed by atoms with Crippen molar-refractivity contribution >= 4 is 11.8 Å². The standard InChI is InChI=1S/C14H21N3O2.ClH/c1-3-7-17(8-4-2)13(18)11-16-9-5-6-12(10-16)14(15)19;/h5-6,9-10H,3-4,7-8,11H2,1-2H3,(H-,15,19);1H. The minimum absolute atomic E-state index is 0. The number of hydrogen-bond donors (Lipinski definition) is 1. The average molecular weight is 300 g/mol. The number of carbonyl (C=O) groups excluding carboxylic acids is 2. The van der Waals surface area contributed by atoms with Gasteiger partial charge in [-0.2, -0.15) is 4.57 Å². The first-order valence-electron chi connectivity index (χ1n) is 6.65. The molecule has 1 aromatic heterocycles. The van der Waals surface area contributed by atoms with E-state index in [-0.39, 0.29) is 24.9 Å². The van der Waals surface area contributed by atoms with E-state index in [0.29, 0.717) is 5.56 Å². The van der Waals surface area contributed by atoms with E-state index in [4.69, 9.17) is 5.73 Å². The van der Waals surface area contributed by atoms with Gasteiger partial charge in [0.15, 0.2) is 12.4 Å². The van der Waals surface area contributed by atoms with Gasteiger partial charge in [-0.05, 0) is 18.9 Å². The summed E-state index contributed by atoms with van der Waals surface area (Å²) in [7, 11) is 0. The van der Waals surface area contributed by atoms with Crippen molar-refractivity contribution in [2.24, 2.45) is 5.73 Å². The molecule has 6 heteroatoms. The summed E-state index contributed by atoms with van der Waals surface area (Å²) in [5.74, 6) is -0.420. The van der Waals surface area contributed by atoms with Gasteiger partial charge in [-0.1, -0.05) is 13.8 Å². The normalized spacial score (nSPS) is 9.70. The molecule has 0 spiro atoms. The highest BCUT2D eigenvalue weighted by atomic mass is 35.5. The van der Waals surface area contributed by atoms with E-state index >= 15 is 0 Å². The van der Waals surface area contributed by atoms with Crippen LogP contribution in [0.2, 0.25) is 0 Å². The van der Waals surface area contributed by atoms with Gasteiger partial charge in [0.2, 0.25) is 6.54 Å². The summed E-state index contributed by atoms with van der Waals surface area (Å²) >= 11 is 0. The molecule has 5 nitrogen and oxygen atoms in total. The molecular weight excluding hydrogens is 278 g/mol. The van der Waals surface area contributed by atoms with Crippen LogP contribution in [0.1, 0.15) is 37.0 Å². The lowest BCUT2D eigenvalue weighted by Crippen LogP contribution is -3.00. The molecule has 0 aliphatic carbocycles. The fourth-order valence-corrected chi connectivity index (χ4v) is 1.92. The van der Waals surface area contributed by atoms with Crippen LogP contribution in [0.3, 0.4) is 0 Å². The molecule has 0 aromatic carbocycles. The lowest BCUT2D eigenvalue weighted by Gasteiger charge is -2.19. The van der Waals surface area contributed by atoms with Crippen molar-refractivity contribution in [3.05, 3.63) is 30.1 Å². The Labute approximate surface area is 126 Å². The summed E-state index contributed by atoms with van der Waals surface area (Å²) in [6, 6.07) is 3.36. The predicted molar refractivity (Wildman–Crippen MR) is 72.3 cm³/mol. The van der Waals surface area contributed by atoms with E-state index in [1.165, 1.54) is 0 Å². The molecule has 0 bridgehead atoms. The Balaban J connectivity index is 0.00000361. The Morgan fingerprint density at radius 1 is 1.25 bits per heavy atom. The first-order chi connectivity index (χ1) is 9.08. The molecule has 112 valence electrons. The van der Waals surface area contributed by atoms with Crippen LogP contribution in [0, 0.1) is 0 Å². The van der Waals surface area contributed by atoms with Gasteiger partial charge in [-0.15, -0.1) is 0 Å². The number of rotatable bonds is 7. The number of halogens is 1. The third-order valence-electron chi connectivity index (χ3n) is 2.80. The van der Waals surface area contributed by atoms with Crippen molar-refractivity contribution in [2.75, 3.05) is 13.1 Å². The molecule has 2 amide bonds. The van der Waals surface area contributed by atoms with Gasteiger partial charge < -0.3 is 23.0 Å². The molecule has 1 rings (SSSR count). The van der Waals surface area contributed by atoms with E-state index in [0.717, 1.165) is 25.9 Å². The smallest absolute Gasteiger partial charge is 0.288 e. The molecule has 1 aromatic rings. The van der Waals surface area contributed by atoms with Crippen LogP contribution in [-0.4, -0.2) is 29.8 Å². The fourth-order valence-electron chi connectivity index (χ4n) is 1.92. The molecule has 0 radical (unpaired) electrons. The Hall–Kier alpha value is -1.62. The molecule has 0 unspecified atom stereocenters. The monoisotopic (exact) mass is 299 g/mol. The maximum atomic E-state index is 12.2. The lowest BCUT2D eigenvalue weighted by molar-refractivity contribution is -0.685. The van der Waals surface area contributed by atoms with Gasteiger partial charge in [0.25, 0.3) is 11.8 Å². The molecule has 0 saturated carbocycles. The SMILES string of the molecule is CCCN(CCC)C(=O)C[n+]1cccc(C(N)=O)c1.[Cl-]. The van der Waals surface area contributed by atoms with Gasteiger partial charge in [0.1, 0.15) is 5.56 Å². The number of pyridine rings is 1. The highest BCUT2D eigenvalue weighted by Crippen LogP contribution is 1.97. The molecule has 0 aliphatic heterocycles. The number of aromatic nitrogens is 1. The largest absolute Gasteiger partial charge is 1.00 e. The van der Waals surface area contributed by atoms with Gasteiger partial charge in [-0.3, -0.25) is 9.59 Å². The summed E-state index contributed by atoms with van der Waals surface area (Å²) in [6.45, 7) is 5.88. The molecule has 20 heavy (non-hydrogen) atoms. The fraction of sp³-hybridized carbons (Fsp3) is 0.500. The quantitative estimate of drug-likeness (QED) is 0.577. The Kier molecular flexibility index (Phi) is 8.56. The number of amides is 2. The maximum Gasteiger partial charge on any atom is 0.288 e. The summed E-state index contributed by atoms with van der Waals surface area (Å²) < 4.78 is 1.70. The van der Waals surface area contributed by atoms with Gasteiger partial charge in [0, 0.05) is 19.2 Å². The van der Waals surface area contributed by atoms with Gasteiger partial charge >= 0.3 is 0 Å². The average Bonchev–Trinajstić information content (AvgIpc) is 2.38. The first-order valence-corrected chi connectivity index (χ1v) is 6.65. The van der Waals surface area contributed by atoms with Crippen LogP contribution in [0.25, 0.3) is 0 Å². The third-order valence-corrected chi connectivity index (χ3v) is 2.80. The first kappa shape index (κ1) is 18.4. The molecule has 0 aliphatic rings. The predicted octanol–water partition coefficient (Wildman–Crippen LogP) is -2.27. The summed E-state index contributed by atoms with van der Waals surface area (Å²) in [5.41, 5.74) is 5.63. The number of primary amides is 1. The molecular formula is C14H22ClN3O2. The van der Waals surface area contributed by atoms with Crippen LogP contribution in [0.5, 0.6) is 0 Å². The van der Waals surface area contributed by atoms with Crippen molar-refractivity contribution in [1.82, 2.24) is 4.90 Å². The van der Waals surface area contributed by atoms with Crippen LogP contribution in [-0.2, 0) is 11.3 Å². The second-order valence-electron chi connectivity index (χ2n) is 4.51. The van der Waals surface area contributed by atoms with Gasteiger partial charge in [0.05, 0.1) is 0 Å². The lowest BCUT2D eigenvalue weighted by atomic mass is 10.2. The topological polar surface area (TPSA) is 67.3 Å².